The first-order valence-corrected chi connectivity index (χ1v) is 12.1. The van der Waals surface area contributed by atoms with E-state index in [1.165, 1.54) is 0 Å². The molecule has 2 fully saturated rings. The van der Waals surface area contributed by atoms with Crippen LogP contribution in [0, 0.1) is 5.92 Å². The van der Waals surface area contributed by atoms with Crippen molar-refractivity contribution in [1.29, 1.82) is 0 Å². The summed E-state index contributed by atoms with van der Waals surface area (Å²) >= 11 is 1.66. The van der Waals surface area contributed by atoms with Crippen molar-refractivity contribution in [2.24, 2.45) is 5.92 Å². The summed E-state index contributed by atoms with van der Waals surface area (Å²) in [4.78, 5) is 35.0. The monoisotopic (exact) mass is 465 g/mol. The summed E-state index contributed by atoms with van der Waals surface area (Å²) in [5.41, 5.74) is 1.69. The van der Waals surface area contributed by atoms with Crippen LogP contribution < -0.4 is 14.4 Å². The fourth-order valence-corrected chi connectivity index (χ4v) is 5.95. The normalized spacial score (nSPS) is 21.0. The van der Waals surface area contributed by atoms with E-state index in [1.54, 1.807) is 42.6 Å². The van der Waals surface area contributed by atoms with Gasteiger partial charge >= 0.3 is 0 Å². The molecule has 2 aromatic carbocycles. The van der Waals surface area contributed by atoms with Crippen LogP contribution in [-0.4, -0.2) is 49.0 Å². The number of fused-ring (bicyclic) bond motifs is 1. The average molecular weight is 466 g/mol. The third kappa shape index (κ3) is 4.04. The molecule has 3 heterocycles. The topological polar surface area (TPSA) is 72.0 Å². The number of likely N-dealkylation sites (tertiary alicyclic amines) is 1. The van der Waals surface area contributed by atoms with Crippen molar-refractivity contribution in [2.45, 2.75) is 31.7 Å². The highest BCUT2D eigenvalue weighted by molar-refractivity contribution is 7.18. The molecular weight excluding hydrogens is 438 g/mol. The maximum absolute atomic E-state index is 13.6. The molecule has 8 heteroatoms. The van der Waals surface area contributed by atoms with E-state index in [9.17, 15) is 9.59 Å². The highest BCUT2D eigenvalue weighted by atomic mass is 32.1. The number of hydrogen-bond acceptors (Lipinski definition) is 6. The molecule has 2 unspecified atom stereocenters. The quantitative estimate of drug-likeness (QED) is 0.558. The number of amides is 2. The smallest absolute Gasteiger partial charge is 0.228 e. The summed E-state index contributed by atoms with van der Waals surface area (Å²) < 4.78 is 11.8. The second kappa shape index (κ2) is 9.02. The van der Waals surface area contributed by atoms with E-state index < -0.39 is 0 Å². The van der Waals surface area contributed by atoms with Crippen LogP contribution in [0.4, 0.5) is 5.69 Å². The van der Waals surface area contributed by atoms with Gasteiger partial charge in [0.15, 0.2) is 11.5 Å². The Morgan fingerprint density at radius 1 is 1.09 bits per heavy atom. The first kappa shape index (κ1) is 21.7. The van der Waals surface area contributed by atoms with Crippen molar-refractivity contribution in [3.8, 4) is 11.5 Å². The summed E-state index contributed by atoms with van der Waals surface area (Å²) in [6.45, 7) is 1.08. The number of benzene rings is 2. The number of hydrogen-bond donors (Lipinski definition) is 0. The molecule has 0 spiro atoms. The first-order chi connectivity index (χ1) is 16.1. The van der Waals surface area contributed by atoms with Crippen LogP contribution in [0.5, 0.6) is 11.5 Å². The molecular formula is C25H27N3O4S. The van der Waals surface area contributed by atoms with E-state index in [0.29, 0.717) is 30.3 Å². The van der Waals surface area contributed by atoms with Crippen LogP contribution in [0.3, 0.4) is 0 Å². The number of anilines is 1. The number of aromatic nitrogens is 1. The molecule has 33 heavy (non-hydrogen) atoms. The Balaban J connectivity index is 1.36. The van der Waals surface area contributed by atoms with Crippen molar-refractivity contribution in [2.75, 3.05) is 32.2 Å². The van der Waals surface area contributed by atoms with Crippen LogP contribution in [0.25, 0.3) is 10.2 Å². The number of methoxy groups -OCH3 is 2. The number of piperidine rings is 1. The van der Waals surface area contributed by atoms with Gasteiger partial charge in [0.2, 0.25) is 11.8 Å². The number of nitrogens with zero attached hydrogens (tertiary/aromatic N) is 3. The van der Waals surface area contributed by atoms with E-state index in [2.05, 4.69) is 6.07 Å². The number of ether oxygens (including phenoxy) is 2. The number of para-hydroxylation sites is 1. The van der Waals surface area contributed by atoms with Crippen LogP contribution in [0.15, 0.2) is 42.5 Å². The Morgan fingerprint density at radius 2 is 1.91 bits per heavy atom. The SMILES string of the molecule is COc1ccc(N2CC(C(=O)N3CCCCC3c3nc4ccccc4s3)CC2=O)cc1OC. The van der Waals surface area contributed by atoms with Crippen LogP contribution in [-0.2, 0) is 9.59 Å². The Kier molecular flexibility index (Phi) is 5.93. The van der Waals surface area contributed by atoms with Crippen molar-refractivity contribution >= 4 is 39.1 Å². The van der Waals surface area contributed by atoms with Crippen molar-refractivity contribution in [3.63, 3.8) is 0 Å². The van der Waals surface area contributed by atoms with E-state index in [4.69, 9.17) is 14.5 Å². The lowest BCUT2D eigenvalue weighted by atomic mass is 9.99. The molecule has 172 valence electrons. The maximum Gasteiger partial charge on any atom is 0.228 e. The molecule has 0 N–H and O–H groups in total. The van der Waals surface area contributed by atoms with Crippen LogP contribution >= 0.6 is 11.3 Å². The Morgan fingerprint density at radius 3 is 2.70 bits per heavy atom. The first-order valence-electron chi connectivity index (χ1n) is 11.3. The second-order valence-corrected chi connectivity index (χ2v) is 9.57. The van der Waals surface area contributed by atoms with Crippen LogP contribution in [0.2, 0.25) is 0 Å². The molecule has 0 bridgehead atoms. The lowest BCUT2D eigenvalue weighted by Gasteiger charge is -2.36. The van der Waals surface area contributed by atoms with E-state index in [-0.39, 0.29) is 30.2 Å². The molecule has 3 aromatic rings. The largest absolute Gasteiger partial charge is 0.493 e. The van der Waals surface area contributed by atoms with Crippen molar-refractivity contribution < 1.29 is 19.1 Å². The van der Waals surface area contributed by atoms with Gasteiger partial charge in [-0.2, -0.15) is 0 Å². The third-order valence-corrected chi connectivity index (χ3v) is 7.67. The molecule has 7 nitrogen and oxygen atoms in total. The van der Waals surface area contributed by atoms with E-state index >= 15 is 0 Å². The zero-order valence-electron chi connectivity index (χ0n) is 18.8. The highest BCUT2D eigenvalue weighted by Crippen LogP contribution is 2.39. The summed E-state index contributed by atoms with van der Waals surface area (Å²) in [7, 11) is 3.14. The third-order valence-electron chi connectivity index (χ3n) is 6.53. The molecule has 1 aromatic heterocycles. The zero-order chi connectivity index (χ0) is 22.9. The van der Waals surface area contributed by atoms with Gasteiger partial charge in [-0.3, -0.25) is 9.59 Å². The number of rotatable bonds is 5. The fraction of sp³-hybridized carbons (Fsp3) is 0.400. The van der Waals surface area contributed by atoms with Gasteiger partial charge < -0.3 is 19.3 Å². The number of carbonyl (C=O) groups is 2. The minimum absolute atomic E-state index is 0.0196. The minimum atomic E-state index is -0.361. The molecule has 2 amide bonds. The number of thiazole rings is 1. The molecule has 0 radical (unpaired) electrons. The molecule has 0 saturated carbocycles. The average Bonchev–Trinajstić information content (AvgIpc) is 3.46. The lowest BCUT2D eigenvalue weighted by Crippen LogP contribution is -2.42. The van der Waals surface area contributed by atoms with E-state index in [1.807, 2.05) is 29.2 Å². The highest BCUT2D eigenvalue weighted by Gasteiger charge is 2.40. The van der Waals surface area contributed by atoms with Crippen LogP contribution in [0.1, 0.15) is 36.7 Å². The Hall–Kier alpha value is -3.13. The summed E-state index contributed by atoms with van der Waals surface area (Å²) in [6, 6.07) is 13.5. The summed E-state index contributed by atoms with van der Waals surface area (Å²) in [6.07, 6.45) is 3.18. The van der Waals surface area contributed by atoms with E-state index in [0.717, 1.165) is 34.5 Å². The number of carbonyl (C=O) groups excluding carboxylic acids is 2. The van der Waals surface area contributed by atoms with Gasteiger partial charge in [0.1, 0.15) is 5.01 Å². The van der Waals surface area contributed by atoms with Crippen molar-refractivity contribution in [1.82, 2.24) is 9.88 Å². The van der Waals surface area contributed by atoms with Gasteiger partial charge in [0, 0.05) is 31.3 Å². The lowest BCUT2D eigenvalue weighted by molar-refractivity contribution is -0.139. The van der Waals surface area contributed by atoms with Gasteiger partial charge in [-0.05, 0) is 43.5 Å². The predicted octanol–water partition coefficient (Wildman–Crippen LogP) is 4.42. The second-order valence-electron chi connectivity index (χ2n) is 8.51. The molecule has 5 rings (SSSR count). The van der Waals surface area contributed by atoms with Crippen molar-refractivity contribution in [3.05, 3.63) is 47.5 Å². The molecule has 2 aliphatic heterocycles. The molecule has 0 aliphatic carbocycles. The van der Waals surface area contributed by atoms with Gasteiger partial charge in [-0.25, -0.2) is 4.98 Å². The summed E-state index contributed by atoms with van der Waals surface area (Å²) in [5, 5.41) is 0.991. The van der Waals surface area contributed by atoms with Gasteiger partial charge in [0.05, 0.1) is 36.4 Å². The Bertz CT molecular complexity index is 1160. The van der Waals surface area contributed by atoms with Gasteiger partial charge in [0.25, 0.3) is 0 Å². The zero-order valence-corrected chi connectivity index (χ0v) is 19.6. The standard InChI is InChI=1S/C25H27N3O4S/c1-31-20-11-10-17(14-21(20)32-2)28-15-16(13-23(28)29)25(30)27-12-6-5-8-19(27)24-26-18-7-3-4-9-22(18)33-24/h3-4,7,9-11,14,16,19H,5-6,8,12-13,15H2,1-2H3. The van der Waals surface area contributed by atoms with Gasteiger partial charge in [-0.15, -0.1) is 11.3 Å². The summed E-state index contributed by atoms with van der Waals surface area (Å²) in [5.74, 6) is 0.807. The minimum Gasteiger partial charge on any atom is -0.493 e. The molecule has 2 aliphatic rings. The van der Waals surface area contributed by atoms with Gasteiger partial charge in [-0.1, -0.05) is 12.1 Å². The maximum atomic E-state index is 13.6. The molecule has 2 atom stereocenters. The Labute approximate surface area is 196 Å². The predicted molar refractivity (Wildman–Crippen MR) is 128 cm³/mol. The molecule has 2 saturated heterocycles. The fourth-order valence-electron chi connectivity index (χ4n) is 4.83.